The van der Waals surface area contributed by atoms with Gasteiger partial charge in [-0.3, -0.25) is 0 Å². The second-order valence-electron chi connectivity index (χ2n) is 4.78. The minimum Gasteiger partial charge on any atom is -0.324 e. The van der Waals surface area contributed by atoms with Crippen molar-refractivity contribution in [3.05, 3.63) is 65.5 Å². The van der Waals surface area contributed by atoms with E-state index < -0.39 is 9.84 Å². The molecule has 0 amide bonds. The molecule has 0 spiro atoms. The van der Waals surface area contributed by atoms with Crippen molar-refractivity contribution in [2.45, 2.75) is 17.4 Å². The summed E-state index contributed by atoms with van der Waals surface area (Å²) in [6.45, 7) is 0. The molecule has 0 heterocycles. The van der Waals surface area contributed by atoms with E-state index in [1.807, 2.05) is 0 Å². The van der Waals surface area contributed by atoms with Crippen LogP contribution in [0.15, 0.2) is 53.4 Å². The van der Waals surface area contributed by atoms with Crippen LogP contribution in [-0.4, -0.2) is 14.7 Å². The zero-order valence-electron chi connectivity index (χ0n) is 11.1. The fourth-order valence-corrected chi connectivity index (χ4v) is 2.58. The van der Waals surface area contributed by atoms with Crippen LogP contribution in [0.4, 0.5) is 4.39 Å². The molecule has 2 aromatic carbocycles. The molecular formula is C15H16FNO2S. The van der Waals surface area contributed by atoms with E-state index in [-0.39, 0.29) is 16.8 Å². The van der Waals surface area contributed by atoms with Crippen LogP contribution in [0.2, 0.25) is 0 Å². The predicted octanol–water partition coefficient (Wildman–Crippen LogP) is 2.47. The van der Waals surface area contributed by atoms with Gasteiger partial charge in [0.1, 0.15) is 5.82 Å². The second kappa shape index (κ2) is 5.73. The standard InChI is InChI=1S/C15H16FNO2S/c1-20(18,19)14-8-4-12(5-9-14)15(17)10-11-2-6-13(16)7-3-11/h2-9,15H,10,17H2,1H3. The largest absolute Gasteiger partial charge is 0.324 e. The van der Waals surface area contributed by atoms with E-state index in [1.54, 1.807) is 36.4 Å². The van der Waals surface area contributed by atoms with Crippen LogP contribution in [-0.2, 0) is 16.3 Å². The lowest BCUT2D eigenvalue weighted by atomic mass is 10.00. The van der Waals surface area contributed by atoms with Gasteiger partial charge >= 0.3 is 0 Å². The van der Waals surface area contributed by atoms with Gasteiger partial charge in [0.25, 0.3) is 0 Å². The molecule has 106 valence electrons. The molecule has 0 aromatic heterocycles. The lowest BCUT2D eigenvalue weighted by Gasteiger charge is -2.12. The summed E-state index contributed by atoms with van der Waals surface area (Å²) in [6, 6.07) is 12.5. The average molecular weight is 293 g/mol. The van der Waals surface area contributed by atoms with Gasteiger partial charge in [-0.1, -0.05) is 24.3 Å². The van der Waals surface area contributed by atoms with Crippen LogP contribution < -0.4 is 5.73 Å². The van der Waals surface area contributed by atoms with E-state index in [9.17, 15) is 12.8 Å². The van der Waals surface area contributed by atoms with Crippen LogP contribution in [0, 0.1) is 5.82 Å². The molecular weight excluding hydrogens is 277 g/mol. The Hall–Kier alpha value is -1.72. The van der Waals surface area contributed by atoms with E-state index >= 15 is 0 Å². The topological polar surface area (TPSA) is 60.2 Å². The van der Waals surface area contributed by atoms with E-state index in [4.69, 9.17) is 5.73 Å². The third-order valence-electron chi connectivity index (χ3n) is 3.11. The van der Waals surface area contributed by atoms with E-state index in [1.165, 1.54) is 18.4 Å². The first kappa shape index (κ1) is 14.7. The van der Waals surface area contributed by atoms with Gasteiger partial charge in [-0.2, -0.15) is 0 Å². The fourth-order valence-electron chi connectivity index (χ4n) is 1.95. The molecule has 2 aromatic rings. The Kier molecular flexibility index (Phi) is 4.20. The SMILES string of the molecule is CS(=O)(=O)c1ccc(C(N)Cc2ccc(F)cc2)cc1. The number of hydrogen-bond acceptors (Lipinski definition) is 3. The number of nitrogens with two attached hydrogens (primary N) is 1. The number of rotatable bonds is 4. The Morgan fingerprint density at radius 2 is 1.60 bits per heavy atom. The van der Waals surface area contributed by atoms with Crippen molar-refractivity contribution in [3.63, 3.8) is 0 Å². The fraction of sp³-hybridized carbons (Fsp3) is 0.200. The first-order chi connectivity index (χ1) is 9.36. The summed E-state index contributed by atoms with van der Waals surface area (Å²) in [6.07, 6.45) is 1.74. The van der Waals surface area contributed by atoms with Gasteiger partial charge in [-0.25, -0.2) is 12.8 Å². The summed E-state index contributed by atoms with van der Waals surface area (Å²) >= 11 is 0. The molecule has 0 aliphatic carbocycles. The molecule has 2 rings (SSSR count). The van der Waals surface area contributed by atoms with E-state index in [2.05, 4.69) is 0 Å². The maximum absolute atomic E-state index is 12.8. The molecule has 20 heavy (non-hydrogen) atoms. The third kappa shape index (κ3) is 3.65. The Morgan fingerprint density at radius 3 is 2.10 bits per heavy atom. The maximum atomic E-state index is 12.8. The Bertz CT molecular complexity index is 679. The van der Waals surface area contributed by atoms with Crippen molar-refractivity contribution in [2.24, 2.45) is 5.73 Å². The molecule has 1 atom stereocenters. The molecule has 3 nitrogen and oxygen atoms in total. The summed E-state index contributed by atoms with van der Waals surface area (Å²) in [5.41, 5.74) is 7.87. The summed E-state index contributed by atoms with van der Waals surface area (Å²) in [5.74, 6) is -0.278. The van der Waals surface area contributed by atoms with Gasteiger partial charge in [-0.15, -0.1) is 0 Å². The van der Waals surface area contributed by atoms with Crippen LogP contribution >= 0.6 is 0 Å². The smallest absolute Gasteiger partial charge is 0.175 e. The Labute approximate surface area is 118 Å². The van der Waals surface area contributed by atoms with Gasteiger partial charge in [0.2, 0.25) is 0 Å². The normalized spacial score (nSPS) is 13.2. The van der Waals surface area contributed by atoms with E-state index in [0.717, 1.165) is 11.1 Å². The lowest BCUT2D eigenvalue weighted by Crippen LogP contribution is -2.13. The first-order valence-corrected chi connectivity index (χ1v) is 8.05. The molecule has 0 saturated heterocycles. The molecule has 0 saturated carbocycles. The zero-order chi connectivity index (χ0) is 14.8. The van der Waals surface area contributed by atoms with Crippen LogP contribution in [0.3, 0.4) is 0 Å². The van der Waals surface area contributed by atoms with E-state index in [0.29, 0.717) is 6.42 Å². The van der Waals surface area contributed by atoms with Gasteiger partial charge in [-0.05, 0) is 41.8 Å². The van der Waals surface area contributed by atoms with Crippen molar-refractivity contribution >= 4 is 9.84 Å². The van der Waals surface area contributed by atoms with Crippen LogP contribution in [0.5, 0.6) is 0 Å². The van der Waals surface area contributed by atoms with Crippen molar-refractivity contribution in [1.82, 2.24) is 0 Å². The quantitative estimate of drug-likeness (QED) is 0.942. The highest BCUT2D eigenvalue weighted by Gasteiger charge is 2.10. The maximum Gasteiger partial charge on any atom is 0.175 e. The molecule has 0 radical (unpaired) electrons. The van der Waals surface area contributed by atoms with Gasteiger partial charge in [0, 0.05) is 12.3 Å². The number of sulfone groups is 1. The molecule has 2 N–H and O–H groups in total. The Balaban J connectivity index is 2.13. The van der Waals surface area contributed by atoms with Crippen molar-refractivity contribution < 1.29 is 12.8 Å². The molecule has 5 heteroatoms. The average Bonchev–Trinajstić information content (AvgIpc) is 2.40. The third-order valence-corrected chi connectivity index (χ3v) is 4.23. The molecule has 0 bridgehead atoms. The van der Waals surface area contributed by atoms with Gasteiger partial charge in [0.15, 0.2) is 9.84 Å². The van der Waals surface area contributed by atoms with Crippen molar-refractivity contribution in [2.75, 3.05) is 6.26 Å². The lowest BCUT2D eigenvalue weighted by molar-refractivity contribution is 0.601. The summed E-state index contributed by atoms with van der Waals surface area (Å²) in [7, 11) is -3.19. The summed E-state index contributed by atoms with van der Waals surface area (Å²) in [5, 5.41) is 0. The molecule has 0 aliphatic rings. The van der Waals surface area contributed by atoms with Crippen LogP contribution in [0.1, 0.15) is 17.2 Å². The zero-order valence-corrected chi connectivity index (χ0v) is 11.9. The minimum atomic E-state index is -3.19. The van der Waals surface area contributed by atoms with Crippen LogP contribution in [0.25, 0.3) is 0 Å². The predicted molar refractivity (Wildman–Crippen MR) is 76.6 cm³/mol. The molecule has 0 fully saturated rings. The highest BCUT2D eigenvalue weighted by Crippen LogP contribution is 2.18. The monoisotopic (exact) mass is 293 g/mol. The highest BCUT2D eigenvalue weighted by atomic mass is 32.2. The van der Waals surface area contributed by atoms with Crippen molar-refractivity contribution in [3.8, 4) is 0 Å². The second-order valence-corrected chi connectivity index (χ2v) is 6.79. The van der Waals surface area contributed by atoms with Gasteiger partial charge < -0.3 is 5.73 Å². The molecule has 1 unspecified atom stereocenters. The highest BCUT2D eigenvalue weighted by molar-refractivity contribution is 7.90. The van der Waals surface area contributed by atoms with Gasteiger partial charge in [0.05, 0.1) is 4.90 Å². The Morgan fingerprint density at radius 1 is 1.05 bits per heavy atom. The minimum absolute atomic E-state index is 0.255. The summed E-state index contributed by atoms with van der Waals surface area (Å²) in [4.78, 5) is 0.273. The first-order valence-electron chi connectivity index (χ1n) is 6.16. The summed E-state index contributed by atoms with van der Waals surface area (Å²) < 4.78 is 35.6. The number of halogens is 1. The molecule has 0 aliphatic heterocycles. The number of hydrogen-bond donors (Lipinski definition) is 1. The number of benzene rings is 2. The van der Waals surface area contributed by atoms with Crippen molar-refractivity contribution in [1.29, 1.82) is 0 Å².